The molecule has 0 spiro atoms. The molecule has 2 N–H and O–H groups in total. The highest BCUT2D eigenvalue weighted by molar-refractivity contribution is 7.89. The number of rotatable bonds is 9. The largest absolute Gasteiger partial charge is 0.480 e. The van der Waals surface area contributed by atoms with Crippen molar-refractivity contribution in [2.24, 2.45) is 0 Å². The summed E-state index contributed by atoms with van der Waals surface area (Å²) in [5.41, 5.74) is 0. The minimum absolute atomic E-state index is 0.0799. The van der Waals surface area contributed by atoms with Crippen LogP contribution in [0.5, 0.6) is 0 Å². The Morgan fingerprint density at radius 3 is 2.79 bits per heavy atom. The first-order valence-corrected chi connectivity index (χ1v) is 8.73. The van der Waals surface area contributed by atoms with Gasteiger partial charge in [0.25, 0.3) is 0 Å². The van der Waals surface area contributed by atoms with Gasteiger partial charge >= 0.3 is 5.97 Å². The zero-order chi connectivity index (χ0) is 14.3. The summed E-state index contributed by atoms with van der Waals surface area (Å²) in [6.07, 6.45) is 2.25. The molecule has 0 bridgehead atoms. The lowest BCUT2D eigenvalue weighted by molar-refractivity contribution is -0.139. The Hall–Kier alpha value is -0.920. The third-order valence-corrected chi connectivity index (χ3v) is 4.98. The van der Waals surface area contributed by atoms with Gasteiger partial charge in [0, 0.05) is 4.88 Å². The molecule has 0 radical (unpaired) electrons. The lowest BCUT2D eigenvalue weighted by atomic mass is 10.1. The summed E-state index contributed by atoms with van der Waals surface area (Å²) in [6, 6.07) is 2.71. The molecule has 1 aromatic rings. The molecule has 0 unspecified atom stereocenters. The molecular weight excluding hydrogens is 286 g/mol. The molecule has 1 rings (SSSR count). The van der Waals surface area contributed by atoms with E-state index in [9.17, 15) is 13.2 Å². The molecule has 0 saturated carbocycles. The van der Waals surface area contributed by atoms with Gasteiger partial charge in [-0.1, -0.05) is 25.8 Å². The number of thiophene rings is 1. The van der Waals surface area contributed by atoms with E-state index in [1.54, 1.807) is 0 Å². The van der Waals surface area contributed by atoms with Crippen molar-refractivity contribution >= 4 is 27.3 Å². The lowest BCUT2D eigenvalue weighted by Gasteiger charge is -2.14. The minimum Gasteiger partial charge on any atom is -0.480 e. The number of hydrogen-bond acceptors (Lipinski definition) is 4. The van der Waals surface area contributed by atoms with Crippen LogP contribution in [-0.2, 0) is 21.2 Å². The van der Waals surface area contributed by atoms with Crippen LogP contribution < -0.4 is 4.72 Å². The number of aryl methyl sites for hydroxylation is 1. The van der Waals surface area contributed by atoms with Gasteiger partial charge in [-0.3, -0.25) is 4.79 Å². The first-order chi connectivity index (χ1) is 8.94. The standard InChI is InChI=1S/C12H19NO4S2/c1-2-3-6-11(12(14)15)13-19(16,17)9-7-10-5-4-8-18-10/h4-5,8,11,13H,2-3,6-7,9H2,1H3,(H,14,15)/t11-/m0/s1. The third-order valence-electron chi connectivity index (χ3n) is 2.66. The zero-order valence-electron chi connectivity index (χ0n) is 10.8. The first kappa shape index (κ1) is 16.1. The molecule has 1 atom stereocenters. The monoisotopic (exact) mass is 305 g/mol. The van der Waals surface area contributed by atoms with Crippen molar-refractivity contribution in [1.82, 2.24) is 4.72 Å². The maximum Gasteiger partial charge on any atom is 0.321 e. The number of unbranched alkanes of at least 4 members (excludes halogenated alkanes) is 1. The Bertz CT molecular complexity index is 482. The highest BCUT2D eigenvalue weighted by Crippen LogP contribution is 2.10. The molecular formula is C12H19NO4S2. The van der Waals surface area contributed by atoms with Crippen LogP contribution in [-0.4, -0.2) is 31.3 Å². The number of aliphatic carboxylic acids is 1. The van der Waals surface area contributed by atoms with E-state index in [4.69, 9.17) is 5.11 Å². The van der Waals surface area contributed by atoms with Crippen LogP contribution >= 0.6 is 11.3 Å². The maximum absolute atomic E-state index is 11.8. The summed E-state index contributed by atoms with van der Waals surface area (Å²) in [6.45, 7) is 1.93. The fraction of sp³-hybridized carbons (Fsp3) is 0.583. The Morgan fingerprint density at radius 2 is 2.26 bits per heavy atom. The lowest BCUT2D eigenvalue weighted by Crippen LogP contribution is -2.42. The smallest absolute Gasteiger partial charge is 0.321 e. The maximum atomic E-state index is 11.8. The second-order valence-electron chi connectivity index (χ2n) is 4.30. The Labute approximate surface area is 117 Å². The van der Waals surface area contributed by atoms with Crippen molar-refractivity contribution in [2.75, 3.05) is 5.75 Å². The molecule has 108 valence electrons. The topological polar surface area (TPSA) is 83.5 Å². The molecule has 0 saturated heterocycles. The van der Waals surface area contributed by atoms with Crippen molar-refractivity contribution < 1.29 is 18.3 Å². The normalized spacial score (nSPS) is 13.3. The van der Waals surface area contributed by atoms with E-state index in [2.05, 4.69) is 4.72 Å². The van der Waals surface area contributed by atoms with Gasteiger partial charge in [0.15, 0.2) is 0 Å². The Morgan fingerprint density at radius 1 is 1.53 bits per heavy atom. The summed E-state index contributed by atoms with van der Waals surface area (Å²) in [5.74, 6) is -1.20. The number of carboxylic acid groups (broad SMARTS) is 1. The molecule has 5 nitrogen and oxygen atoms in total. The van der Waals surface area contributed by atoms with E-state index >= 15 is 0 Å². The minimum atomic E-state index is -3.56. The number of carbonyl (C=O) groups is 1. The summed E-state index contributed by atoms with van der Waals surface area (Å²) < 4.78 is 25.9. The van der Waals surface area contributed by atoms with Crippen molar-refractivity contribution in [1.29, 1.82) is 0 Å². The number of hydrogen-bond donors (Lipinski definition) is 2. The van der Waals surface area contributed by atoms with Gasteiger partial charge in [-0.05, 0) is 24.3 Å². The molecule has 19 heavy (non-hydrogen) atoms. The van der Waals surface area contributed by atoms with E-state index in [-0.39, 0.29) is 5.75 Å². The predicted molar refractivity (Wildman–Crippen MR) is 75.9 cm³/mol. The average Bonchev–Trinajstić information content (AvgIpc) is 2.85. The Balaban J connectivity index is 2.53. The summed E-state index contributed by atoms with van der Waals surface area (Å²) in [4.78, 5) is 12.0. The van der Waals surface area contributed by atoms with E-state index in [0.717, 1.165) is 11.3 Å². The highest BCUT2D eigenvalue weighted by atomic mass is 32.2. The second kappa shape index (κ2) is 7.62. The van der Waals surface area contributed by atoms with Crippen LogP contribution in [0.1, 0.15) is 31.1 Å². The van der Waals surface area contributed by atoms with Gasteiger partial charge in [-0.2, -0.15) is 0 Å². The van der Waals surface area contributed by atoms with Gasteiger partial charge in [0.2, 0.25) is 10.0 Å². The Kier molecular flexibility index (Phi) is 6.47. The predicted octanol–water partition coefficient (Wildman–Crippen LogP) is 1.85. The van der Waals surface area contributed by atoms with E-state index in [0.29, 0.717) is 19.3 Å². The molecule has 0 aliphatic heterocycles. The van der Waals surface area contributed by atoms with E-state index in [1.165, 1.54) is 11.3 Å². The number of carboxylic acids is 1. The molecule has 1 aromatic heterocycles. The average molecular weight is 305 g/mol. The summed E-state index contributed by atoms with van der Waals surface area (Å²) >= 11 is 1.49. The van der Waals surface area contributed by atoms with Crippen LogP contribution in [0.3, 0.4) is 0 Å². The SMILES string of the molecule is CCCC[C@H](NS(=O)(=O)CCc1cccs1)C(=O)O. The molecule has 7 heteroatoms. The molecule has 0 amide bonds. The van der Waals surface area contributed by atoms with Gasteiger partial charge in [0.1, 0.15) is 6.04 Å². The van der Waals surface area contributed by atoms with Gasteiger partial charge in [-0.15, -0.1) is 11.3 Å². The highest BCUT2D eigenvalue weighted by Gasteiger charge is 2.23. The molecule has 0 aromatic carbocycles. The van der Waals surface area contributed by atoms with Crippen LogP contribution in [0.15, 0.2) is 17.5 Å². The third kappa shape index (κ3) is 6.17. The van der Waals surface area contributed by atoms with Crippen molar-refractivity contribution in [3.63, 3.8) is 0 Å². The molecule has 0 fully saturated rings. The molecule has 0 aliphatic carbocycles. The fourth-order valence-electron chi connectivity index (χ4n) is 1.61. The first-order valence-electron chi connectivity index (χ1n) is 6.20. The van der Waals surface area contributed by atoms with Crippen molar-refractivity contribution in [3.05, 3.63) is 22.4 Å². The van der Waals surface area contributed by atoms with E-state index < -0.39 is 22.0 Å². The molecule has 0 aliphatic rings. The van der Waals surface area contributed by atoms with E-state index in [1.807, 2.05) is 24.4 Å². The van der Waals surface area contributed by atoms with Gasteiger partial charge in [0.05, 0.1) is 5.75 Å². The summed E-state index contributed by atoms with van der Waals surface area (Å²) in [7, 11) is -3.56. The quantitative estimate of drug-likeness (QED) is 0.729. The molecule has 1 heterocycles. The number of nitrogens with one attached hydrogen (secondary N) is 1. The van der Waals surface area contributed by atoms with Crippen LogP contribution in [0.25, 0.3) is 0 Å². The van der Waals surface area contributed by atoms with Crippen LogP contribution in [0, 0.1) is 0 Å². The number of sulfonamides is 1. The summed E-state index contributed by atoms with van der Waals surface area (Å²) in [5, 5.41) is 10.9. The van der Waals surface area contributed by atoms with Gasteiger partial charge in [-0.25, -0.2) is 13.1 Å². The van der Waals surface area contributed by atoms with Gasteiger partial charge < -0.3 is 5.11 Å². The van der Waals surface area contributed by atoms with Crippen LogP contribution in [0.4, 0.5) is 0 Å². The van der Waals surface area contributed by atoms with Crippen molar-refractivity contribution in [2.45, 2.75) is 38.6 Å². The van der Waals surface area contributed by atoms with Crippen LogP contribution in [0.2, 0.25) is 0 Å². The van der Waals surface area contributed by atoms with Crippen molar-refractivity contribution in [3.8, 4) is 0 Å². The fourth-order valence-corrected chi connectivity index (χ4v) is 3.70. The second-order valence-corrected chi connectivity index (χ2v) is 7.20. The zero-order valence-corrected chi connectivity index (χ0v) is 12.5.